The second-order valence-corrected chi connectivity index (χ2v) is 7.53. The van der Waals surface area contributed by atoms with Crippen molar-refractivity contribution in [1.82, 2.24) is 19.9 Å². The lowest BCUT2D eigenvalue weighted by Gasteiger charge is -2.33. The summed E-state index contributed by atoms with van der Waals surface area (Å²) >= 11 is 0. The Balaban J connectivity index is 1.83. The Morgan fingerprint density at radius 1 is 1.33 bits per heavy atom. The van der Waals surface area contributed by atoms with Gasteiger partial charge in [-0.05, 0) is 61.8 Å². The molecule has 1 fully saturated rings. The Labute approximate surface area is 174 Å². The molecule has 1 aliphatic rings. The molecule has 4 rings (SSSR count). The van der Waals surface area contributed by atoms with Gasteiger partial charge < -0.3 is 9.47 Å². The highest BCUT2D eigenvalue weighted by Crippen LogP contribution is 2.34. The number of imidazole rings is 1. The number of likely N-dealkylation sites (N-methyl/N-ethyl adjacent to an activating group) is 1. The highest BCUT2D eigenvalue weighted by Gasteiger charge is 2.26. The molecule has 1 atom stereocenters. The third-order valence-corrected chi connectivity index (χ3v) is 5.66. The predicted octanol–water partition coefficient (Wildman–Crippen LogP) is 4.02. The topological polar surface area (TPSA) is 70.4 Å². The first-order valence-electron chi connectivity index (χ1n) is 10.2. The second-order valence-electron chi connectivity index (χ2n) is 7.53. The number of nitrogens with zero attached hydrogens (tertiary/aromatic N) is 3. The van der Waals surface area contributed by atoms with Gasteiger partial charge in [0.15, 0.2) is 0 Å². The van der Waals surface area contributed by atoms with Crippen LogP contribution in [0.2, 0.25) is 0 Å². The van der Waals surface area contributed by atoms with E-state index in [0.29, 0.717) is 17.0 Å². The summed E-state index contributed by atoms with van der Waals surface area (Å²) in [5, 5.41) is 8.66. The van der Waals surface area contributed by atoms with Gasteiger partial charge in [0.2, 0.25) is 0 Å². The fraction of sp³-hybridized carbons (Fsp3) is 0.304. The summed E-state index contributed by atoms with van der Waals surface area (Å²) in [5.74, 6) is -0.410. The lowest BCUT2D eigenvalue weighted by atomic mass is 10.0. The number of rotatable bonds is 5. The molecule has 30 heavy (non-hydrogen) atoms. The number of fused-ring (bicyclic) bond motifs is 1. The van der Waals surface area contributed by atoms with Crippen LogP contribution in [-0.2, 0) is 4.79 Å². The maximum Gasteiger partial charge on any atom is 0.267 e. The average molecular weight is 408 g/mol. The molecule has 1 saturated heterocycles. The van der Waals surface area contributed by atoms with Crippen LogP contribution in [0.4, 0.5) is 4.39 Å². The van der Waals surface area contributed by atoms with Crippen LogP contribution in [0.3, 0.4) is 0 Å². The first-order valence-corrected chi connectivity index (χ1v) is 10.2. The molecule has 156 valence electrons. The Hall–Kier alpha value is -3.03. The number of hydrogen-bond acceptors (Lipinski definition) is 4. The summed E-state index contributed by atoms with van der Waals surface area (Å²) in [4.78, 5) is 18.5. The number of nitrogens with one attached hydrogen (secondary N) is 1. The molecule has 2 heterocycles. The Kier molecular flexibility index (Phi) is 5.92. The third kappa shape index (κ3) is 3.99. The van der Waals surface area contributed by atoms with Crippen LogP contribution in [0, 0.1) is 5.82 Å². The number of carbonyl (C=O) groups excluding carboxylic acids is 1. The summed E-state index contributed by atoms with van der Waals surface area (Å²) in [6.45, 7) is 5.13. The molecule has 0 bridgehead atoms. The molecule has 0 saturated carbocycles. The van der Waals surface area contributed by atoms with Crippen LogP contribution in [0.25, 0.3) is 28.5 Å². The number of carbonyl (C=O) groups is 1. The number of hydroxylamine groups is 1. The molecule has 1 aliphatic heterocycles. The number of hydrogen-bond donors (Lipinski definition) is 2. The van der Waals surface area contributed by atoms with Crippen LogP contribution in [0.1, 0.15) is 31.4 Å². The van der Waals surface area contributed by atoms with Gasteiger partial charge in [-0.1, -0.05) is 25.1 Å². The van der Waals surface area contributed by atoms with Gasteiger partial charge in [0.1, 0.15) is 11.6 Å². The van der Waals surface area contributed by atoms with Crippen molar-refractivity contribution in [1.29, 1.82) is 0 Å². The number of aromatic nitrogens is 2. The number of halogens is 1. The lowest BCUT2D eigenvalue weighted by molar-refractivity contribution is -0.124. The van der Waals surface area contributed by atoms with Crippen LogP contribution in [-0.4, -0.2) is 45.2 Å². The van der Waals surface area contributed by atoms with E-state index in [1.54, 1.807) is 17.6 Å². The number of para-hydroxylation sites is 2. The summed E-state index contributed by atoms with van der Waals surface area (Å²) in [7, 11) is 0. The van der Waals surface area contributed by atoms with E-state index in [9.17, 15) is 9.18 Å². The molecule has 1 aromatic heterocycles. The number of piperidine rings is 1. The average Bonchev–Trinajstić information content (AvgIpc) is 3.17. The zero-order valence-electron chi connectivity index (χ0n) is 16.9. The van der Waals surface area contributed by atoms with Crippen molar-refractivity contribution in [3.05, 3.63) is 59.9 Å². The fourth-order valence-electron chi connectivity index (χ4n) is 4.16. The van der Waals surface area contributed by atoms with Crippen molar-refractivity contribution in [2.45, 2.75) is 25.8 Å². The molecule has 2 aromatic carbocycles. The maximum atomic E-state index is 14.9. The first-order chi connectivity index (χ1) is 14.6. The van der Waals surface area contributed by atoms with Gasteiger partial charge in [0.05, 0.1) is 16.6 Å². The number of benzene rings is 2. The summed E-state index contributed by atoms with van der Waals surface area (Å²) in [6, 6.07) is 12.8. The van der Waals surface area contributed by atoms with E-state index >= 15 is 0 Å². The van der Waals surface area contributed by atoms with Gasteiger partial charge in [-0.25, -0.2) is 14.9 Å². The van der Waals surface area contributed by atoms with Crippen molar-refractivity contribution < 1.29 is 14.4 Å². The van der Waals surface area contributed by atoms with E-state index in [1.165, 1.54) is 18.2 Å². The molecule has 3 aromatic rings. The van der Waals surface area contributed by atoms with Crippen LogP contribution in [0.15, 0.2) is 48.5 Å². The summed E-state index contributed by atoms with van der Waals surface area (Å²) < 4.78 is 17.1. The molecule has 1 amide bonds. The molecule has 0 spiro atoms. The Morgan fingerprint density at radius 3 is 2.97 bits per heavy atom. The van der Waals surface area contributed by atoms with Crippen LogP contribution in [0.5, 0.6) is 0 Å². The maximum absolute atomic E-state index is 14.9. The third-order valence-electron chi connectivity index (χ3n) is 5.66. The normalized spacial score (nSPS) is 17.6. The minimum absolute atomic E-state index is 0.208. The zero-order chi connectivity index (χ0) is 21.1. The van der Waals surface area contributed by atoms with Gasteiger partial charge in [-0.3, -0.25) is 10.0 Å². The van der Waals surface area contributed by atoms with Crippen molar-refractivity contribution >= 4 is 23.0 Å². The highest BCUT2D eigenvalue weighted by molar-refractivity contribution is 5.91. The monoisotopic (exact) mass is 408 g/mol. The van der Waals surface area contributed by atoms with Gasteiger partial charge in [0, 0.05) is 18.7 Å². The summed E-state index contributed by atoms with van der Waals surface area (Å²) in [6.07, 6.45) is 4.83. The standard InChI is InChI=1S/C23H25FN4O2/c1-2-27-13-5-6-17(15-27)28-21-8-4-3-7-20(21)25-23(28)18-14-16(9-11-19(18)24)10-12-22(29)26-30/h3-4,7-12,14,17,30H,2,5-6,13,15H2,1H3,(H,26,29)/t17-/m1/s1. The molecule has 7 heteroatoms. The minimum atomic E-state index is -0.644. The van der Waals surface area contributed by atoms with E-state index in [4.69, 9.17) is 10.2 Å². The second kappa shape index (κ2) is 8.77. The quantitative estimate of drug-likeness (QED) is 0.380. The van der Waals surface area contributed by atoms with Gasteiger partial charge in [-0.15, -0.1) is 0 Å². The van der Waals surface area contributed by atoms with Crippen molar-refractivity contribution in [3.63, 3.8) is 0 Å². The van der Waals surface area contributed by atoms with Gasteiger partial charge in [0.25, 0.3) is 5.91 Å². The fourth-order valence-corrected chi connectivity index (χ4v) is 4.16. The van der Waals surface area contributed by atoms with E-state index in [1.807, 2.05) is 24.3 Å². The van der Waals surface area contributed by atoms with E-state index in [-0.39, 0.29) is 11.9 Å². The molecular weight excluding hydrogens is 383 g/mol. The molecule has 0 unspecified atom stereocenters. The zero-order valence-corrected chi connectivity index (χ0v) is 16.9. The predicted molar refractivity (Wildman–Crippen MR) is 114 cm³/mol. The molecule has 0 aliphatic carbocycles. The van der Waals surface area contributed by atoms with E-state index in [0.717, 1.165) is 43.5 Å². The minimum Gasteiger partial charge on any atom is -0.319 e. The number of amides is 1. The number of likely N-dealkylation sites (tertiary alicyclic amines) is 1. The SMILES string of the molecule is CCN1CCC[C@@H](n2c(-c3cc(C=CC(=O)NO)ccc3F)nc3ccccc32)C1. The molecule has 6 nitrogen and oxygen atoms in total. The van der Waals surface area contributed by atoms with Gasteiger partial charge in [-0.2, -0.15) is 0 Å². The van der Waals surface area contributed by atoms with Crippen LogP contribution < -0.4 is 5.48 Å². The van der Waals surface area contributed by atoms with Crippen molar-refractivity contribution in [2.24, 2.45) is 0 Å². The molecular formula is C23H25FN4O2. The Morgan fingerprint density at radius 2 is 2.17 bits per heavy atom. The van der Waals surface area contributed by atoms with Crippen LogP contribution >= 0.6 is 0 Å². The summed E-state index contributed by atoms with van der Waals surface area (Å²) in [5.41, 5.74) is 4.42. The van der Waals surface area contributed by atoms with E-state index < -0.39 is 5.91 Å². The van der Waals surface area contributed by atoms with Crippen molar-refractivity contribution in [2.75, 3.05) is 19.6 Å². The lowest BCUT2D eigenvalue weighted by Crippen LogP contribution is -2.36. The van der Waals surface area contributed by atoms with E-state index in [2.05, 4.69) is 16.4 Å². The first kappa shape index (κ1) is 20.3. The smallest absolute Gasteiger partial charge is 0.267 e. The Bertz CT molecular complexity index is 1090. The highest BCUT2D eigenvalue weighted by atomic mass is 19.1. The van der Waals surface area contributed by atoms with Gasteiger partial charge >= 0.3 is 0 Å². The molecule has 2 N–H and O–H groups in total. The molecule has 0 radical (unpaired) electrons. The largest absolute Gasteiger partial charge is 0.319 e. The van der Waals surface area contributed by atoms with Crippen molar-refractivity contribution in [3.8, 4) is 11.4 Å².